The van der Waals surface area contributed by atoms with Gasteiger partial charge in [-0.2, -0.15) is 0 Å². The van der Waals surface area contributed by atoms with Crippen LogP contribution in [-0.4, -0.2) is 44.9 Å². The number of nitrogens with zero attached hydrogens (tertiary/aromatic N) is 2. The maximum Gasteiger partial charge on any atom is 0.211 e. The van der Waals surface area contributed by atoms with E-state index in [1.807, 2.05) is 35.7 Å². The molecule has 136 valence electrons. The zero-order valence-corrected chi connectivity index (χ0v) is 15.6. The Morgan fingerprint density at radius 1 is 1.24 bits per heavy atom. The number of hydrogen-bond donors (Lipinski definition) is 1. The van der Waals surface area contributed by atoms with Crippen LogP contribution in [0.5, 0.6) is 5.75 Å². The van der Waals surface area contributed by atoms with Crippen LogP contribution < -0.4 is 14.4 Å². The van der Waals surface area contributed by atoms with Gasteiger partial charge in [-0.15, -0.1) is 11.3 Å². The number of piperidine rings is 1. The van der Waals surface area contributed by atoms with Crippen LogP contribution in [0.2, 0.25) is 0 Å². The van der Waals surface area contributed by atoms with Crippen molar-refractivity contribution in [1.82, 2.24) is 9.71 Å². The summed E-state index contributed by atoms with van der Waals surface area (Å²) in [7, 11) is -3.27. The lowest BCUT2D eigenvalue weighted by atomic mass is 10.1. The molecule has 1 fully saturated rings. The Kier molecular flexibility index (Phi) is 6.28. The van der Waals surface area contributed by atoms with E-state index in [0.29, 0.717) is 13.0 Å². The fourth-order valence-electron chi connectivity index (χ4n) is 2.83. The molecule has 0 amide bonds. The molecule has 2 aromatic rings. The molecule has 1 N–H and O–H groups in total. The van der Waals surface area contributed by atoms with Gasteiger partial charge in [0, 0.05) is 30.7 Å². The van der Waals surface area contributed by atoms with E-state index < -0.39 is 10.0 Å². The molecule has 6 nitrogen and oxygen atoms in total. The lowest BCUT2D eigenvalue weighted by Crippen LogP contribution is -2.45. The monoisotopic (exact) mass is 381 g/mol. The van der Waals surface area contributed by atoms with E-state index in [4.69, 9.17) is 4.74 Å². The lowest BCUT2D eigenvalue weighted by Gasteiger charge is -2.31. The molecule has 1 aliphatic heterocycles. The fourth-order valence-corrected chi connectivity index (χ4v) is 4.89. The first kappa shape index (κ1) is 18.2. The van der Waals surface area contributed by atoms with Crippen molar-refractivity contribution in [3.05, 3.63) is 41.9 Å². The van der Waals surface area contributed by atoms with Gasteiger partial charge in [0.25, 0.3) is 0 Å². The highest BCUT2D eigenvalue weighted by molar-refractivity contribution is 7.89. The largest absolute Gasteiger partial charge is 0.494 e. The summed E-state index contributed by atoms with van der Waals surface area (Å²) in [6.07, 6.45) is 3.88. The number of ether oxygens (including phenoxy) is 1. The van der Waals surface area contributed by atoms with Crippen LogP contribution in [-0.2, 0) is 10.0 Å². The Morgan fingerprint density at radius 2 is 2.00 bits per heavy atom. The Bertz CT molecular complexity index is 728. The van der Waals surface area contributed by atoms with Crippen molar-refractivity contribution in [3.8, 4) is 5.75 Å². The smallest absolute Gasteiger partial charge is 0.211 e. The number of para-hydroxylation sites is 1. The van der Waals surface area contributed by atoms with Crippen molar-refractivity contribution >= 4 is 26.5 Å². The van der Waals surface area contributed by atoms with Crippen molar-refractivity contribution < 1.29 is 13.2 Å². The second-order valence-electron chi connectivity index (χ2n) is 6.03. The number of rotatable bonds is 8. The fraction of sp³-hybridized carbons (Fsp3) is 0.471. The van der Waals surface area contributed by atoms with Gasteiger partial charge in [-0.25, -0.2) is 18.1 Å². The normalized spacial score (nSPS) is 16.1. The molecule has 1 aromatic heterocycles. The molecule has 25 heavy (non-hydrogen) atoms. The number of benzene rings is 1. The topological polar surface area (TPSA) is 71.5 Å². The van der Waals surface area contributed by atoms with Crippen molar-refractivity contribution in [1.29, 1.82) is 0 Å². The molecule has 0 radical (unpaired) electrons. The molecular weight excluding hydrogens is 358 g/mol. The van der Waals surface area contributed by atoms with E-state index in [2.05, 4.69) is 14.6 Å². The predicted molar refractivity (Wildman–Crippen MR) is 101 cm³/mol. The highest BCUT2D eigenvalue weighted by Gasteiger charge is 2.24. The summed E-state index contributed by atoms with van der Waals surface area (Å²) in [6, 6.07) is 9.45. The number of aromatic nitrogens is 1. The van der Waals surface area contributed by atoms with E-state index in [0.717, 1.165) is 36.8 Å². The zero-order chi connectivity index (χ0) is 17.5. The van der Waals surface area contributed by atoms with Gasteiger partial charge in [0.1, 0.15) is 5.75 Å². The van der Waals surface area contributed by atoms with Gasteiger partial charge in [0.15, 0.2) is 5.13 Å². The van der Waals surface area contributed by atoms with Gasteiger partial charge < -0.3 is 9.64 Å². The quantitative estimate of drug-likeness (QED) is 0.712. The van der Waals surface area contributed by atoms with Crippen LogP contribution in [0.3, 0.4) is 0 Å². The van der Waals surface area contributed by atoms with Crippen molar-refractivity contribution in [2.24, 2.45) is 0 Å². The van der Waals surface area contributed by atoms with E-state index in [-0.39, 0.29) is 11.8 Å². The van der Waals surface area contributed by atoms with Crippen molar-refractivity contribution in [2.45, 2.75) is 25.3 Å². The summed E-state index contributed by atoms with van der Waals surface area (Å²) >= 11 is 1.62. The molecule has 0 unspecified atom stereocenters. The van der Waals surface area contributed by atoms with Crippen LogP contribution >= 0.6 is 11.3 Å². The Morgan fingerprint density at radius 3 is 2.68 bits per heavy atom. The molecule has 1 aromatic carbocycles. The second kappa shape index (κ2) is 8.64. The van der Waals surface area contributed by atoms with Gasteiger partial charge in [-0.1, -0.05) is 18.2 Å². The lowest BCUT2D eigenvalue weighted by molar-refractivity contribution is 0.317. The summed E-state index contributed by atoms with van der Waals surface area (Å²) < 4.78 is 32.8. The van der Waals surface area contributed by atoms with Gasteiger partial charge in [-0.05, 0) is 31.4 Å². The maximum atomic E-state index is 12.2. The number of sulfonamides is 1. The molecule has 0 spiro atoms. The zero-order valence-electron chi connectivity index (χ0n) is 14.0. The van der Waals surface area contributed by atoms with Gasteiger partial charge in [0.2, 0.25) is 10.0 Å². The van der Waals surface area contributed by atoms with Gasteiger partial charge in [-0.3, -0.25) is 0 Å². The summed E-state index contributed by atoms with van der Waals surface area (Å²) in [5, 5.41) is 2.97. The SMILES string of the molecule is O=S(=O)(CCCOc1ccccc1)NC1CCN(c2nccs2)CC1. The Hall–Kier alpha value is -1.64. The summed E-state index contributed by atoms with van der Waals surface area (Å²) in [5.41, 5.74) is 0. The number of anilines is 1. The van der Waals surface area contributed by atoms with Crippen molar-refractivity contribution in [2.75, 3.05) is 30.3 Å². The molecule has 3 rings (SSSR count). The average molecular weight is 382 g/mol. The van der Waals surface area contributed by atoms with Gasteiger partial charge in [0.05, 0.1) is 12.4 Å². The highest BCUT2D eigenvalue weighted by atomic mass is 32.2. The minimum atomic E-state index is -3.27. The first-order valence-corrected chi connectivity index (χ1v) is 11.0. The number of nitrogens with one attached hydrogen (secondary N) is 1. The van der Waals surface area contributed by atoms with Gasteiger partial charge >= 0.3 is 0 Å². The Balaban J connectivity index is 1.37. The third-order valence-electron chi connectivity index (χ3n) is 4.10. The molecular formula is C17H23N3O3S2. The second-order valence-corrected chi connectivity index (χ2v) is 8.77. The van der Waals surface area contributed by atoms with E-state index >= 15 is 0 Å². The molecule has 1 aliphatic rings. The minimum Gasteiger partial charge on any atom is -0.494 e. The number of hydrogen-bond acceptors (Lipinski definition) is 6. The summed E-state index contributed by atoms with van der Waals surface area (Å²) in [5.74, 6) is 0.856. The summed E-state index contributed by atoms with van der Waals surface area (Å²) in [6.45, 7) is 2.06. The third kappa shape index (κ3) is 5.69. The average Bonchev–Trinajstić information content (AvgIpc) is 3.15. The molecule has 8 heteroatoms. The summed E-state index contributed by atoms with van der Waals surface area (Å²) in [4.78, 5) is 6.52. The molecule has 1 saturated heterocycles. The highest BCUT2D eigenvalue weighted by Crippen LogP contribution is 2.22. The molecule has 0 saturated carbocycles. The van der Waals surface area contributed by atoms with E-state index in [1.165, 1.54) is 0 Å². The van der Waals surface area contributed by atoms with Crippen LogP contribution in [0.1, 0.15) is 19.3 Å². The standard InChI is InChI=1S/C17H23N3O3S2/c21-25(22,14-4-12-23-16-5-2-1-3-6-16)19-15-7-10-20(11-8-15)17-18-9-13-24-17/h1-3,5-6,9,13,15,19H,4,7-8,10-12,14H2. The van der Waals surface area contributed by atoms with E-state index in [1.54, 1.807) is 17.5 Å². The number of thiazole rings is 1. The predicted octanol–water partition coefficient (Wildman–Crippen LogP) is 2.50. The molecule has 2 heterocycles. The Labute approximate surface area is 152 Å². The molecule has 0 bridgehead atoms. The minimum absolute atomic E-state index is 0.0104. The third-order valence-corrected chi connectivity index (χ3v) is 6.45. The van der Waals surface area contributed by atoms with Crippen LogP contribution in [0.15, 0.2) is 41.9 Å². The molecule has 0 aliphatic carbocycles. The van der Waals surface area contributed by atoms with Crippen LogP contribution in [0.25, 0.3) is 0 Å². The molecule has 0 atom stereocenters. The first-order valence-electron chi connectivity index (χ1n) is 8.45. The van der Waals surface area contributed by atoms with Crippen LogP contribution in [0, 0.1) is 0 Å². The first-order chi connectivity index (χ1) is 12.1. The maximum absolute atomic E-state index is 12.2. The van der Waals surface area contributed by atoms with Crippen LogP contribution in [0.4, 0.5) is 5.13 Å². The van der Waals surface area contributed by atoms with Crippen molar-refractivity contribution in [3.63, 3.8) is 0 Å². The van der Waals surface area contributed by atoms with E-state index in [9.17, 15) is 8.42 Å².